The molecule has 0 saturated heterocycles. The number of methoxy groups -OCH3 is 1. The van der Waals surface area contributed by atoms with Gasteiger partial charge in [0.1, 0.15) is 30.5 Å². The van der Waals surface area contributed by atoms with Crippen molar-refractivity contribution in [2.24, 2.45) is 0 Å². The van der Waals surface area contributed by atoms with Gasteiger partial charge in [0.15, 0.2) is 0 Å². The van der Waals surface area contributed by atoms with E-state index in [2.05, 4.69) is 0 Å². The molecule has 0 heterocycles. The maximum absolute atomic E-state index is 9.28. The van der Waals surface area contributed by atoms with Gasteiger partial charge in [-0.3, -0.25) is 0 Å². The summed E-state index contributed by atoms with van der Waals surface area (Å²) in [5.41, 5.74) is 3.20. The number of benzene rings is 3. The third-order valence-corrected chi connectivity index (χ3v) is 3.91. The maximum atomic E-state index is 9.28. The lowest BCUT2D eigenvalue weighted by molar-refractivity contribution is 0.185. The van der Waals surface area contributed by atoms with Crippen LogP contribution in [-0.4, -0.2) is 12.2 Å². The van der Waals surface area contributed by atoms with E-state index in [0.717, 1.165) is 28.2 Å². The van der Waals surface area contributed by atoms with Gasteiger partial charge in [-0.15, -0.1) is 0 Å². The molecule has 0 aromatic heterocycles. The Bertz CT molecular complexity index is 793. The first-order chi connectivity index (χ1) is 12.7. The standard InChI is InChI=1S/C22H22O4/c1-24-14-17-4-10-21(11-5-17)26-16-19-6-12-22(13-7-19)25-15-18-2-8-20(23)9-3-18/h2-13,23H,14-16H2,1H3. The van der Waals surface area contributed by atoms with Gasteiger partial charge in [-0.2, -0.15) is 0 Å². The fourth-order valence-electron chi connectivity index (χ4n) is 2.46. The molecule has 0 aliphatic carbocycles. The van der Waals surface area contributed by atoms with Crippen molar-refractivity contribution < 1.29 is 19.3 Å². The molecule has 4 nitrogen and oxygen atoms in total. The Balaban J connectivity index is 1.48. The molecule has 0 fully saturated rings. The second-order valence-corrected chi connectivity index (χ2v) is 5.96. The molecule has 0 atom stereocenters. The topological polar surface area (TPSA) is 47.9 Å². The van der Waals surface area contributed by atoms with Crippen LogP contribution in [0.15, 0.2) is 72.8 Å². The molecule has 3 rings (SSSR count). The van der Waals surface area contributed by atoms with E-state index >= 15 is 0 Å². The second-order valence-electron chi connectivity index (χ2n) is 5.96. The number of aromatic hydroxyl groups is 1. The molecule has 0 aliphatic heterocycles. The minimum absolute atomic E-state index is 0.256. The highest BCUT2D eigenvalue weighted by molar-refractivity contribution is 5.30. The second kappa shape index (κ2) is 8.92. The van der Waals surface area contributed by atoms with Gasteiger partial charge >= 0.3 is 0 Å². The molecule has 0 radical (unpaired) electrons. The molecule has 3 aromatic carbocycles. The predicted octanol–water partition coefficient (Wildman–Crippen LogP) is 4.70. The number of rotatable bonds is 8. The Morgan fingerprint density at radius 1 is 0.577 bits per heavy atom. The van der Waals surface area contributed by atoms with Crippen LogP contribution in [0.25, 0.3) is 0 Å². The van der Waals surface area contributed by atoms with E-state index in [0.29, 0.717) is 19.8 Å². The van der Waals surface area contributed by atoms with Gasteiger partial charge in [0.2, 0.25) is 0 Å². The van der Waals surface area contributed by atoms with Gasteiger partial charge in [-0.1, -0.05) is 36.4 Å². The number of phenolic OH excluding ortho intramolecular Hbond substituents is 1. The average molecular weight is 350 g/mol. The largest absolute Gasteiger partial charge is 0.508 e. The molecular weight excluding hydrogens is 328 g/mol. The van der Waals surface area contributed by atoms with Gasteiger partial charge in [0, 0.05) is 7.11 Å². The van der Waals surface area contributed by atoms with E-state index in [1.165, 1.54) is 0 Å². The number of hydrogen-bond acceptors (Lipinski definition) is 4. The smallest absolute Gasteiger partial charge is 0.119 e. The molecular formula is C22H22O4. The molecule has 26 heavy (non-hydrogen) atoms. The first-order valence-corrected chi connectivity index (χ1v) is 8.43. The van der Waals surface area contributed by atoms with Gasteiger partial charge in [0.05, 0.1) is 6.61 Å². The van der Waals surface area contributed by atoms with Crippen molar-refractivity contribution in [1.29, 1.82) is 0 Å². The number of hydrogen-bond donors (Lipinski definition) is 1. The number of phenols is 1. The van der Waals surface area contributed by atoms with E-state index in [1.807, 2.05) is 60.7 Å². The maximum Gasteiger partial charge on any atom is 0.119 e. The Kier molecular flexibility index (Phi) is 6.12. The van der Waals surface area contributed by atoms with Gasteiger partial charge in [0.25, 0.3) is 0 Å². The normalized spacial score (nSPS) is 10.5. The summed E-state index contributed by atoms with van der Waals surface area (Å²) in [5.74, 6) is 1.88. The molecule has 1 N–H and O–H groups in total. The van der Waals surface area contributed by atoms with Crippen LogP contribution in [0.3, 0.4) is 0 Å². The van der Waals surface area contributed by atoms with Crippen LogP contribution in [0, 0.1) is 0 Å². The zero-order chi connectivity index (χ0) is 18.2. The van der Waals surface area contributed by atoms with Crippen LogP contribution in [0.4, 0.5) is 0 Å². The van der Waals surface area contributed by atoms with E-state index in [9.17, 15) is 5.11 Å². The van der Waals surface area contributed by atoms with Crippen LogP contribution in [-0.2, 0) is 24.6 Å². The number of ether oxygens (including phenoxy) is 3. The summed E-state index contributed by atoms with van der Waals surface area (Å²) >= 11 is 0. The first kappa shape index (κ1) is 17.8. The van der Waals surface area contributed by atoms with E-state index in [1.54, 1.807) is 19.2 Å². The van der Waals surface area contributed by atoms with E-state index in [-0.39, 0.29) is 5.75 Å². The monoisotopic (exact) mass is 350 g/mol. The van der Waals surface area contributed by atoms with E-state index < -0.39 is 0 Å². The third-order valence-electron chi connectivity index (χ3n) is 3.91. The Labute approximate surface area is 153 Å². The molecule has 0 aliphatic rings. The lowest BCUT2D eigenvalue weighted by Crippen LogP contribution is -1.97. The van der Waals surface area contributed by atoms with Crippen molar-refractivity contribution in [3.63, 3.8) is 0 Å². The summed E-state index contributed by atoms with van der Waals surface area (Å²) in [4.78, 5) is 0. The molecule has 0 saturated carbocycles. The van der Waals surface area contributed by atoms with Crippen molar-refractivity contribution in [3.8, 4) is 17.2 Å². The summed E-state index contributed by atoms with van der Waals surface area (Å²) < 4.78 is 16.6. The molecule has 4 heteroatoms. The Morgan fingerprint density at radius 3 is 1.38 bits per heavy atom. The minimum Gasteiger partial charge on any atom is -0.508 e. The SMILES string of the molecule is COCc1ccc(OCc2ccc(OCc3ccc(O)cc3)cc2)cc1. The minimum atomic E-state index is 0.256. The van der Waals surface area contributed by atoms with Crippen molar-refractivity contribution in [2.75, 3.05) is 7.11 Å². The average Bonchev–Trinajstić information content (AvgIpc) is 2.68. The zero-order valence-corrected chi connectivity index (χ0v) is 14.7. The quantitative estimate of drug-likeness (QED) is 0.640. The highest BCUT2D eigenvalue weighted by Crippen LogP contribution is 2.18. The van der Waals surface area contributed by atoms with Crippen LogP contribution in [0.2, 0.25) is 0 Å². The Hall–Kier alpha value is -2.98. The van der Waals surface area contributed by atoms with Crippen LogP contribution >= 0.6 is 0 Å². The van der Waals surface area contributed by atoms with Crippen molar-refractivity contribution in [1.82, 2.24) is 0 Å². The molecule has 134 valence electrons. The van der Waals surface area contributed by atoms with Gasteiger partial charge in [-0.25, -0.2) is 0 Å². The summed E-state index contributed by atoms with van der Waals surface area (Å²) in [7, 11) is 1.68. The lowest BCUT2D eigenvalue weighted by Gasteiger charge is -2.09. The zero-order valence-electron chi connectivity index (χ0n) is 14.7. The molecule has 0 bridgehead atoms. The Morgan fingerprint density at radius 2 is 0.962 bits per heavy atom. The summed E-state index contributed by atoms with van der Waals surface area (Å²) in [6, 6.07) is 22.7. The van der Waals surface area contributed by atoms with E-state index in [4.69, 9.17) is 14.2 Å². The van der Waals surface area contributed by atoms with Gasteiger partial charge < -0.3 is 19.3 Å². The van der Waals surface area contributed by atoms with Crippen molar-refractivity contribution >= 4 is 0 Å². The highest BCUT2D eigenvalue weighted by Gasteiger charge is 2.00. The van der Waals surface area contributed by atoms with Crippen molar-refractivity contribution in [2.45, 2.75) is 19.8 Å². The first-order valence-electron chi connectivity index (χ1n) is 8.43. The fourth-order valence-corrected chi connectivity index (χ4v) is 2.46. The highest BCUT2D eigenvalue weighted by atomic mass is 16.5. The van der Waals surface area contributed by atoms with Crippen LogP contribution in [0.5, 0.6) is 17.2 Å². The molecule has 0 unspecified atom stereocenters. The molecule has 3 aromatic rings. The van der Waals surface area contributed by atoms with Crippen LogP contribution in [0.1, 0.15) is 16.7 Å². The van der Waals surface area contributed by atoms with Gasteiger partial charge in [-0.05, 0) is 53.1 Å². The fraction of sp³-hybridized carbons (Fsp3) is 0.182. The lowest BCUT2D eigenvalue weighted by atomic mass is 10.2. The molecule has 0 spiro atoms. The predicted molar refractivity (Wildman–Crippen MR) is 100 cm³/mol. The summed E-state index contributed by atoms with van der Waals surface area (Å²) in [6.45, 7) is 1.57. The van der Waals surface area contributed by atoms with Crippen molar-refractivity contribution in [3.05, 3.63) is 89.5 Å². The summed E-state index contributed by atoms with van der Waals surface area (Å²) in [5, 5.41) is 9.28. The molecule has 0 amide bonds. The summed E-state index contributed by atoms with van der Waals surface area (Å²) in [6.07, 6.45) is 0. The third kappa shape index (κ3) is 5.26. The van der Waals surface area contributed by atoms with Crippen LogP contribution < -0.4 is 9.47 Å².